The number of alkyl halides is 3. The monoisotopic (exact) mass is 438 g/mol. The van der Waals surface area contributed by atoms with Gasteiger partial charge in [0.2, 0.25) is 5.91 Å². The molecule has 2 aliphatic rings. The molecule has 1 saturated heterocycles. The van der Waals surface area contributed by atoms with Gasteiger partial charge in [-0.1, -0.05) is 17.7 Å². The number of piperidine rings is 1. The first-order valence-electron chi connectivity index (χ1n) is 10.0. The van der Waals surface area contributed by atoms with Gasteiger partial charge in [0.05, 0.1) is 22.8 Å². The molecule has 0 spiro atoms. The van der Waals surface area contributed by atoms with Crippen LogP contribution in [0.2, 0.25) is 5.02 Å². The fourth-order valence-corrected chi connectivity index (χ4v) is 4.12. The summed E-state index contributed by atoms with van der Waals surface area (Å²) in [6, 6.07) is 6.87. The lowest BCUT2D eigenvalue weighted by Gasteiger charge is -2.35. The van der Waals surface area contributed by atoms with Gasteiger partial charge >= 0.3 is 6.18 Å². The molecular formula is C21H22ClF3N4O. The third-order valence-electron chi connectivity index (χ3n) is 5.62. The van der Waals surface area contributed by atoms with E-state index in [4.69, 9.17) is 11.6 Å². The standard InChI is InChI=1S/C21H22ClF3N4O/c22-18-11-15(21(23,24)25)12-27-19(18)28-9-6-14(7-10-28)20(30)29(17-4-5-17)13-16-3-1-2-8-26-16/h1-3,8,11-12,14,17H,4-7,9-10,13H2. The van der Waals surface area contributed by atoms with Crippen molar-refractivity contribution in [2.45, 2.75) is 44.4 Å². The number of hydrogen-bond acceptors (Lipinski definition) is 4. The second-order valence-electron chi connectivity index (χ2n) is 7.81. The first-order valence-corrected chi connectivity index (χ1v) is 10.4. The highest BCUT2D eigenvalue weighted by Crippen LogP contribution is 2.36. The zero-order chi connectivity index (χ0) is 21.3. The largest absolute Gasteiger partial charge is 0.417 e. The third-order valence-corrected chi connectivity index (χ3v) is 5.90. The van der Waals surface area contributed by atoms with E-state index in [0.717, 1.165) is 30.8 Å². The molecule has 0 bridgehead atoms. The van der Waals surface area contributed by atoms with Gasteiger partial charge < -0.3 is 9.80 Å². The van der Waals surface area contributed by atoms with Crippen LogP contribution >= 0.6 is 11.6 Å². The summed E-state index contributed by atoms with van der Waals surface area (Å²) in [6.45, 7) is 1.56. The lowest BCUT2D eigenvalue weighted by atomic mass is 9.95. The topological polar surface area (TPSA) is 49.3 Å². The Labute approximate surface area is 177 Å². The van der Waals surface area contributed by atoms with Crippen molar-refractivity contribution in [1.29, 1.82) is 0 Å². The number of halogens is 4. The molecule has 30 heavy (non-hydrogen) atoms. The summed E-state index contributed by atoms with van der Waals surface area (Å²) in [5.74, 6) is 0.358. The number of nitrogens with zero attached hydrogens (tertiary/aromatic N) is 4. The van der Waals surface area contributed by atoms with Gasteiger partial charge in [-0.3, -0.25) is 9.78 Å². The van der Waals surface area contributed by atoms with Crippen molar-refractivity contribution in [1.82, 2.24) is 14.9 Å². The molecule has 3 heterocycles. The number of anilines is 1. The number of aromatic nitrogens is 2. The smallest absolute Gasteiger partial charge is 0.355 e. The summed E-state index contributed by atoms with van der Waals surface area (Å²) in [5, 5.41) is -0.0237. The van der Waals surface area contributed by atoms with Crippen LogP contribution in [0, 0.1) is 5.92 Å². The highest BCUT2D eigenvalue weighted by molar-refractivity contribution is 6.33. The van der Waals surface area contributed by atoms with Crippen LogP contribution in [0.5, 0.6) is 0 Å². The van der Waals surface area contributed by atoms with E-state index in [1.807, 2.05) is 28.0 Å². The van der Waals surface area contributed by atoms with Crippen LogP contribution in [0.15, 0.2) is 36.7 Å². The van der Waals surface area contributed by atoms with Gasteiger partial charge in [0, 0.05) is 37.4 Å². The zero-order valence-corrected chi connectivity index (χ0v) is 17.0. The van der Waals surface area contributed by atoms with Crippen molar-refractivity contribution >= 4 is 23.3 Å². The molecule has 0 atom stereocenters. The minimum Gasteiger partial charge on any atom is -0.355 e. The number of carbonyl (C=O) groups excluding carboxylic acids is 1. The fraction of sp³-hybridized carbons (Fsp3) is 0.476. The lowest BCUT2D eigenvalue weighted by Crippen LogP contribution is -2.43. The first-order chi connectivity index (χ1) is 14.3. The van der Waals surface area contributed by atoms with E-state index >= 15 is 0 Å². The van der Waals surface area contributed by atoms with Gasteiger partial charge in [-0.15, -0.1) is 0 Å². The Morgan fingerprint density at radius 3 is 2.47 bits per heavy atom. The maximum Gasteiger partial charge on any atom is 0.417 e. The molecule has 4 rings (SSSR count). The van der Waals surface area contributed by atoms with E-state index in [1.165, 1.54) is 0 Å². The molecule has 2 aromatic heterocycles. The van der Waals surface area contributed by atoms with Crippen LogP contribution in [0.4, 0.5) is 19.0 Å². The van der Waals surface area contributed by atoms with Gasteiger partial charge in [-0.25, -0.2) is 4.98 Å². The Morgan fingerprint density at radius 1 is 1.17 bits per heavy atom. The SMILES string of the molecule is O=C(C1CCN(c2ncc(C(F)(F)F)cc2Cl)CC1)N(Cc1ccccn1)C1CC1. The molecule has 1 aliphatic heterocycles. The molecule has 0 radical (unpaired) electrons. The highest BCUT2D eigenvalue weighted by Gasteiger charge is 2.38. The minimum absolute atomic E-state index is 0.0237. The summed E-state index contributed by atoms with van der Waals surface area (Å²) in [5.41, 5.74) is 0.00633. The quantitative estimate of drug-likeness (QED) is 0.686. The second-order valence-corrected chi connectivity index (χ2v) is 8.21. The average molecular weight is 439 g/mol. The van der Waals surface area contributed by atoms with Gasteiger partial charge in [-0.2, -0.15) is 13.2 Å². The van der Waals surface area contributed by atoms with E-state index < -0.39 is 11.7 Å². The van der Waals surface area contributed by atoms with Crippen molar-refractivity contribution in [3.63, 3.8) is 0 Å². The van der Waals surface area contributed by atoms with Crippen LogP contribution in [0.25, 0.3) is 0 Å². The maximum absolute atomic E-state index is 13.2. The van der Waals surface area contributed by atoms with Gasteiger partial charge in [0.25, 0.3) is 0 Å². The number of carbonyl (C=O) groups is 1. The summed E-state index contributed by atoms with van der Waals surface area (Å²) in [7, 11) is 0. The zero-order valence-electron chi connectivity index (χ0n) is 16.3. The molecule has 1 saturated carbocycles. The van der Waals surface area contributed by atoms with E-state index in [2.05, 4.69) is 9.97 Å². The van der Waals surface area contributed by atoms with Crippen LogP contribution in [-0.4, -0.2) is 39.9 Å². The molecular weight excluding hydrogens is 417 g/mol. The average Bonchev–Trinajstić information content (AvgIpc) is 3.57. The van der Waals surface area contributed by atoms with Gasteiger partial charge in [-0.05, 0) is 43.9 Å². The fourth-order valence-electron chi connectivity index (χ4n) is 3.83. The number of pyridine rings is 2. The summed E-state index contributed by atoms with van der Waals surface area (Å²) >= 11 is 6.07. The summed E-state index contributed by atoms with van der Waals surface area (Å²) in [6.07, 6.45) is 1.32. The van der Waals surface area contributed by atoms with Crippen molar-refractivity contribution in [2.24, 2.45) is 5.92 Å². The van der Waals surface area contributed by atoms with E-state index in [1.54, 1.807) is 6.20 Å². The van der Waals surface area contributed by atoms with E-state index in [9.17, 15) is 18.0 Å². The Bertz CT molecular complexity index is 897. The maximum atomic E-state index is 13.2. The predicted octanol–water partition coefficient (Wildman–Crippen LogP) is 4.56. The van der Waals surface area contributed by atoms with Crippen molar-refractivity contribution in [3.05, 3.63) is 52.9 Å². The predicted molar refractivity (Wildman–Crippen MR) is 107 cm³/mol. The molecule has 0 aromatic carbocycles. The molecule has 1 aliphatic carbocycles. The Hall–Kier alpha value is -2.35. The normalized spacial score (nSPS) is 17.8. The van der Waals surface area contributed by atoms with Crippen LogP contribution in [0.1, 0.15) is 36.9 Å². The third kappa shape index (κ3) is 4.69. The number of amides is 1. The van der Waals surface area contributed by atoms with Crippen LogP contribution < -0.4 is 4.90 Å². The Balaban J connectivity index is 1.39. The molecule has 0 unspecified atom stereocenters. The van der Waals surface area contributed by atoms with Crippen LogP contribution in [0.3, 0.4) is 0 Å². The lowest BCUT2D eigenvalue weighted by molar-refractivity contribution is -0.138. The molecule has 2 aromatic rings. The van der Waals surface area contributed by atoms with Gasteiger partial charge in [0.1, 0.15) is 5.82 Å². The Kier molecular flexibility index (Phi) is 5.86. The molecule has 9 heteroatoms. The van der Waals surface area contributed by atoms with Crippen molar-refractivity contribution in [2.75, 3.05) is 18.0 Å². The first kappa shape index (κ1) is 20.9. The van der Waals surface area contributed by atoms with Crippen molar-refractivity contribution in [3.8, 4) is 0 Å². The Morgan fingerprint density at radius 2 is 1.90 bits per heavy atom. The molecule has 160 valence electrons. The summed E-state index contributed by atoms with van der Waals surface area (Å²) < 4.78 is 38.5. The second kappa shape index (κ2) is 8.41. The number of rotatable bonds is 5. The molecule has 1 amide bonds. The molecule has 0 N–H and O–H groups in total. The summed E-state index contributed by atoms with van der Waals surface area (Å²) in [4.78, 5) is 25.2. The van der Waals surface area contributed by atoms with E-state index in [0.29, 0.717) is 38.3 Å². The van der Waals surface area contributed by atoms with E-state index in [-0.39, 0.29) is 22.9 Å². The number of hydrogen-bond donors (Lipinski definition) is 0. The molecule has 2 fully saturated rings. The highest BCUT2D eigenvalue weighted by atomic mass is 35.5. The van der Waals surface area contributed by atoms with Crippen LogP contribution in [-0.2, 0) is 17.5 Å². The van der Waals surface area contributed by atoms with Gasteiger partial charge in [0.15, 0.2) is 0 Å². The van der Waals surface area contributed by atoms with Crippen molar-refractivity contribution < 1.29 is 18.0 Å². The minimum atomic E-state index is -4.48. The molecule has 5 nitrogen and oxygen atoms in total.